The molecule has 4 rings (SSSR count). The number of benzene rings is 3. The van der Waals surface area contributed by atoms with Crippen LogP contribution in [0.4, 0.5) is 10.5 Å². The molecular weight excluding hydrogens is 434 g/mol. The minimum atomic E-state index is -0.604. The normalized spacial score (nSPS) is 18.0. The lowest BCUT2D eigenvalue weighted by atomic mass is 9.77. The molecule has 8 nitrogen and oxygen atoms in total. The molecule has 8 heteroatoms. The summed E-state index contributed by atoms with van der Waals surface area (Å²) in [5, 5.41) is 13.8. The molecule has 2 amide bonds. The van der Waals surface area contributed by atoms with Crippen molar-refractivity contribution in [2.75, 3.05) is 0 Å². The first-order chi connectivity index (χ1) is 16.4. The van der Waals surface area contributed by atoms with Gasteiger partial charge in [-0.1, -0.05) is 72.8 Å². The summed E-state index contributed by atoms with van der Waals surface area (Å²) in [5.74, 6) is -0.613. The highest BCUT2D eigenvalue weighted by molar-refractivity contribution is 5.88. The lowest BCUT2D eigenvalue weighted by molar-refractivity contribution is -0.384. The van der Waals surface area contributed by atoms with Gasteiger partial charge in [0.25, 0.3) is 5.69 Å². The van der Waals surface area contributed by atoms with Gasteiger partial charge < -0.3 is 15.0 Å². The number of rotatable bonds is 8. The van der Waals surface area contributed by atoms with Crippen molar-refractivity contribution in [2.24, 2.45) is 5.92 Å². The summed E-state index contributed by atoms with van der Waals surface area (Å²) in [4.78, 5) is 37.9. The van der Waals surface area contributed by atoms with Crippen LogP contribution in [0.3, 0.4) is 0 Å². The summed E-state index contributed by atoms with van der Waals surface area (Å²) in [5.41, 5.74) is 2.60. The van der Waals surface area contributed by atoms with Crippen molar-refractivity contribution in [1.82, 2.24) is 10.2 Å². The van der Waals surface area contributed by atoms with Crippen LogP contribution in [0.1, 0.15) is 29.7 Å². The number of nitro benzene ring substituents is 1. The Kier molecular flexibility index (Phi) is 6.87. The Morgan fingerprint density at radius 3 is 2.18 bits per heavy atom. The first-order valence-corrected chi connectivity index (χ1v) is 11.0. The number of nitrogens with zero attached hydrogens (tertiary/aromatic N) is 2. The van der Waals surface area contributed by atoms with Crippen LogP contribution in [0, 0.1) is 16.0 Å². The fraction of sp³-hybridized carbons (Fsp3) is 0.231. The van der Waals surface area contributed by atoms with E-state index in [0.29, 0.717) is 6.54 Å². The maximum atomic E-state index is 13.2. The van der Waals surface area contributed by atoms with Gasteiger partial charge in [-0.2, -0.15) is 0 Å². The molecule has 0 bridgehead atoms. The Morgan fingerprint density at radius 2 is 1.59 bits per heavy atom. The number of carbonyl (C=O) groups is 2. The van der Waals surface area contributed by atoms with Crippen LogP contribution in [0.5, 0.6) is 0 Å². The van der Waals surface area contributed by atoms with E-state index in [2.05, 4.69) is 5.32 Å². The monoisotopic (exact) mass is 459 g/mol. The van der Waals surface area contributed by atoms with Crippen molar-refractivity contribution in [3.63, 3.8) is 0 Å². The van der Waals surface area contributed by atoms with Crippen molar-refractivity contribution in [3.05, 3.63) is 112 Å². The van der Waals surface area contributed by atoms with Gasteiger partial charge in [0.2, 0.25) is 5.91 Å². The van der Waals surface area contributed by atoms with E-state index in [0.717, 1.165) is 16.7 Å². The fourth-order valence-electron chi connectivity index (χ4n) is 4.24. The summed E-state index contributed by atoms with van der Waals surface area (Å²) in [6.07, 6.45) is -0.604. The number of nitrogens with one attached hydrogen (secondary N) is 1. The summed E-state index contributed by atoms with van der Waals surface area (Å²) in [6.45, 7) is 2.30. The van der Waals surface area contributed by atoms with Crippen LogP contribution in [0.25, 0.3) is 0 Å². The van der Waals surface area contributed by atoms with Crippen molar-refractivity contribution < 1.29 is 19.2 Å². The molecule has 0 radical (unpaired) electrons. The van der Waals surface area contributed by atoms with Gasteiger partial charge in [0.1, 0.15) is 6.61 Å². The molecule has 1 aliphatic heterocycles. The van der Waals surface area contributed by atoms with E-state index >= 15 is 0 Å². The number of alkyl carbamates (subject to hydrolysis) is 1. The highest BCUT2D eigenvalue weighted by atomic mass is 16.6. The minimum absolute atomic E-state index is 0.0174. The molecule has 0 spiro atoms. The van der Waals surface area contributed by atoms with E-state index in [4.69, 9.17) is 4.74 Å². The topological polar surface area (TPSA) is 102 Å². The van der Waals surface area contributed by atoms with Crippen LogP contribution in [0.2, 0.25) is 0 Å². The first-order valence-electron chi connectivity index (χ1n) is 11.0. The van der Waals surface area contributed by atoms with Crippen LogP contribution < -0.4 is 5.32 Å². The molecule has 34 heavy (non-hydrogen) atoms. The number of amides is 2. The van der Waals surface area contributed by atoms with Crippen LogP contribution in [-0.2, 0) is 22.7 Å². The molecule has 1 heterocycles. The van der Waals surface area contributed by atoms with Crippen molar-refractivity contribution >= 4 is 17.7 Å². The van der Waals surface area contributed by atoms with Crippen LogP contribution >= 0.6 is 0 Å². The molecule has 3 aromatic rings. The van der Waals surface area contributed by atoms with Crippen LogP contribution in [-0.4, -0.2) is 27.9 Å². The number of nitro groups is 1. The third-order valence-corrected chi connectivity index (χ3v) is 5.98. The Labute approximate surface area is 197 Å². The average molecular weight is 460 g/mol. The number of hydrogen-bond acceptors (Lipinski definition) is 5. The van der Waals surface area contributed by atoms with Crippen molar-refractivity contribution in [3.8, 4) is 0 Å². The van der Waals surface area contributed by atoms with Crippen LogP contribution in [0.15, 0.2) is 84.9 Å². The van der Waals surface area contributed by atoms with Crippen molar-refractivity contribution in [1.29, 1.82) is 0 Å². The van der Waals surface area contributed by atoms with Gasteiger partial charge in [0.15, 0.2) is 0 Å². The van der Waals surface area contributed by atoms with E-state index in [1.54, 1.807) is 24.0 Å². The zero-order chi connectivity index (χ0) is 24.1. The SMILES string of the molecule is C[C@H](NC(=O)OCc1ccccc1)[C@H]1C(=O)N(Cc2ccccc2)[C@@H]1c1ccc([N+](=O)[O-])cc1. The lowest BCUT2D eigenvalue weighted by Gasteiger charge is -2.49. The Bertz CT molecular complexity index is 1150. The van der Waals surface area contributed by atoms with E-state index < -0.39 is 23.0 Å². The number of likely N-dealkylation sites (tertiary alicyclic amines) is 1. The molecule has 1 saturated heterocycles. The summed E-state index contributed by atoms with van der Waals surface area (Å²) in [6, 6.07) is 24.3. The van der Waals surface area contributed by atoms with Gasteiger partial charge in [-0.25, -0.2) is 4.79 Å². The van der Waals surface area contributed by atoms with Gasteiger partial charge in [-0.05, 0) is 23.6 Å². The second-order valence-corrected chi connectivity index (χ2v) is 8.27. The van der Waals surface area contributed by atoms with E-state index in [1.165, 1.54) is 12.1 Å². The molecule has 0 aromatic heterocycles. The number of ether oxygens (including phenoxy) is 1. The third-order valence-electron chi connectivity index (χ3n) is 5.98. The fourth-order valence-corrected chi connectivity index (χ4v) is 4.24. The molecule has 3 atom stereocenters. The van der Waals surface area contributed by atoms with Crippen molar-refractivity contribution in [2.45, 2.75) is 32.2 Å². The minimum Gasteiger partial charge on any atom is -0.445 e. The largest absolute Gasteiger partial charge is 0.445 e. The standard InChI is InChI=1S/C26H25N3O5/c1-18(27-26(31)34-17-20-10-6-3-7-11-20)23-24(21-12-14-22(15-13-21)29(32)33)28(25(23)30)16-19-8-4-2-5-9-19/h2-15,18,23-24H,16-17H2,1H3,(H,27,31)/t18-,23+,24+/m0/s1. The Balaban J connectivity index is 1.49. The maximum absolute atomic E-state index is 13.2. The molecule has 0 aliphatic carbocycles. The molecule has 1 N–H and O–H groups in total. The van der Waals surface area contributed by atoms with E-state index in [9.17, 15) is 19.7 Å². The molecule has 3 aromatic carbocycles. The molecular formula is C26H25N3O5. The van der Waals surface area contributed by atoms with Gasteiger partial charge in [0, 0.05) is 24.7 Å². The predicted octanol–water partition coefficient (Wildman–Crippen LogP) is 4.61. The molecule has 0 unspecified atom stereocenters. The number of carbonyl (C=O) groups excluding carboxylic acids is 2. The lowest BCUT2D eigenvalue weighted by Crippen LogP contribution is -2.61. The number of non-ortho nitro benzene ring substituents is 1. The zero-order valence-corrected chi connectivity index (χ0v) is 18.7. The molecule has 174 valence electrons. The first kappa shape index (κ1) is 23.0. The molecule has 0 saturated carbocycles. The summed E-state index contributed by atoms with van der Waals surface area (Å²) < 4.78 is 5.31. The zero-order valence-electron chi connectivity index (χ0n) is 18.7. The smallest absolute Gasteiger partial charge is 0.407 e. The van der Waals surface area contributed by atoms with Gasteiger partial charge in [0.05, 0.1) is 16.9 Å². The van der Waals surface area contributed by atoms with E-state index in [1.807, 2.05) is 60.7 Å². The summed E-state index contributed by atoms with van der Waals surface area (Å²) in [7, 11) is 0. The van der Waals surface area contributed by atoms with Gasteiger partial charge in [-0.3, -0.25) is 14.9 Å². The van der Waals surface area contributed by atoms with E-state index in [-0.39, 0.29) is 24.2 Å². The Hall–Kier alpha value is -4.20. The third kappa shape index (κ3) is 5.06. The summed E-state index contributed by atoms with van der Waals surface area (Å²) >= 11 is 0. The molecule has 1 aliphatic rings. The quantitative estimate of drug-likeness (QED) is 0.301. The van der Waals surface area contributed by atoms with Gasteiger partial charge >= 0.3 is 6.09 Å². The molecule has 1 fully saturated rings. The second-order valence-electron chi connectivity index (χ2n) is 8.27. The number of hydrogen-bond donors (Lipinski definition) is 1. The number of β-lactam (4-membered cyclic amide) rings is 1. The average Bonchev–Trinajstić information content (AvgIpc) is 2.85. The second kappa shape index (κ2) is 10.2. The maximum Gasteiger partial charge on any atom is 0.407 e. The Morgan fingerprint density at radius 1 is 1.00 bits per heavy atom. The highest BCUT2D eigenvalue weighted by Crippen LogP contribution is 2.43. The highest BCUT2D eigenvalue weighted by Gasteiger charge is 2.51. The van der Waals surface area contributed by atoms with Gasteiger partial charge in [-0.15, -0.1) is 0 Å². The predicted molar refractivity (Wildman–Crippen MR) is 126 cm³/mol.